The van der Waals surface area contributed by atoms with Crippen molar-refractivity contribution in [2.24, 2.45) is 0 Å². The molecule has 0 atom stereocenters. The summed E-state index contributed by atoms with van der Waals surface area (Å²) < 4.78 is 27.9. The first-order valence-corrected chi connectivity index (χ1v) is 10.9. The van der Waals surface area contributed by atoms with Gasteiger partial charge in [-0.25, -0.2) is 13.1 Å². The molecule has 8 heteroatoms. The number of nitrogens with one attached hydrogen (secondary N) is 2. The van der Waals surface area contributed by atoms with E-state index in [1.165, 1.54) is 29.7 Å². The van der Waals surface area contributed by atoms with Crippen LogP contribution in [-0.4, -0.2) is 40.5 Å². The van der Waals surface area contributed by atoms with Crippen LogP contribution >= 0.6 is 11.3 Å². The molecule has 0 bridgehead atoms. The van der Waals surface area contributed by atoms with Crippen LogP contribution < -0.4 is 14.9 Å². The highest BCUT2D eigenvalue weighted by Crippen LogP contribution is 2.23. The SMILES string of the molecule is CNC(=O)c1cc(S(=O)(=O)NC2CCN(c3cccc(C)c3)CC2)cs1. The fourth-order valence-corrected chi connectivity index (χ4v) is 5.59. The molecule has 1 amide bonds. The molecule has 2 heterocycles. The molecule has 0 spiro atoms. The summed E-state index contributed by atoms with van der Waals surface area (Å²) in [5, 5.41) is 4.01. The van der Waals surface area contributed by atoms with E-state index in [1.54, 1.807) is 0 Å². The zero-order valence-electron chi connectivity index (χ0n) is 14.9. The highest BCUT2D eigenvalue weighted by Gasteiger charge is 2.26. The topological polar surface area (TPSA) is 78.5 Å². The molecule has 0 unspecified atom stereocenters. The van der Waals surface area contributed by atoms with Crippen LogP contribution in [0.4, 0.5) is 5.69 Å². The van der Waals surface area contributed by atoms with Gasteiger partial charge in [-0.05, 0) is 43.5 Å². The minimum atomic E-state index is -3.61. The van der Waals surface area contributed by atoms with E-state index in [4.69, 9.17) is 0 Å². The van der Waals surface area contributed by atoms with Gasteiger partial charge in [0.1, 0.15) is 0 Å². The number of rotatable bonds is 5. The molecule has 2 aromatic rings. The fourth-order valence-electron chi connectivity index (χ4n) is 3.07. The van der Waals surface area contributed by atoms with Gasteiger partial charge in [-0.1, -0.05) is 12.1 Å². The van der Waals surface area contributed by atoms with Crippen LogP contribution in [0.1, 0.15) is 28.1 Å². The largest absolute Gasteiger partial charge is 0.371 e. The lowest BCUT2D eigenvalue weighted by Crippen LogP contribution is -2.44. The van der Waals surface area contributed by atoms with Crippen LogP contribution in [0, 0.1) is 6.92 Å². The van der Waals surface area contributed by atoms with Crippen LogP contribution in [0.3, 0.4) is 0 Å². The van der Waals surface area contributed by atoms with E-state index < -0.39 is 10.0 Å². The Labute approximate surface area is 158 Å². The summed E-state index contributed by atoms with van der Waals surface area (Å²) >= 11 is 1.13. The van der Waals surface area contributed by atoms with Crippen LogP contribution in [0.5, 0.6) is 0 Å². The van der Waals surface area contributed by atoms with Gasteiger partial charge in [0.05, 0.1) is 9.77 Å². The summed E-state index contributed by atoms with van der Waals surface area (Å²) in [6, 6.07) is 9.68. The monoisotopic (exact) mass is 393 g/mol. The van der Waals surface area contributed by atoms with Crippen molar-refractivity contribution in [3.63, 3.8) is 0 Å². The third kappa shape index (κ3) is 4.25. The fraction of sp³-hybridized carbons (Fsp3) is 0.389. The number of carbonyl (C=O) groups is 1. The van der Waals surface area contributed by atoms with Crippen LogP contribution in [0.2, 0.25) is 0 Å². The molecule has 1 saturated heterocycles. The van der Waals surface area contributed by atoms with Gasteiger partial charge in [-0.3, -0.25) is 4.79 Å². The van der Waals surface area contributed by atoms with Gasteiger partial charge in [0.2, 0.25) is 10.0 Å². The Bertz CT molecular complexity index is 885. The second-order valence-corrected chi connectivity index (χ2v) is 9.07. The summed E-state index contributed by atoms with van der Waals surface area (Å²) in [6.07, 6.45) is 1.50. The highest BCUT2D eigenvalue weighted by molar-refractivity contribution is 7.89. The lowest BCUT2D eigenvalue weighted by molar-refractivity contribution is 0.0967. The van der Waals surface area contributed by atoms with Crippen molar-refractivity contribution in [1.82, 2.24) is 10.0 Å². The summed E-state index contributed by atoms with van der Waals surface area (Å²) in [4.78, 5) is 14.4. The molecule has 26 heavy (non-hydrogen) atoms. The number of anilines is 1. The Morgan fingerprint density at radius 3 is 2.62 bits per heavy atom. The first kappa shape index (κ1) is 18.9. The molecule has 6 nitrogen and oxygen atoms in total. The molecule has 0 aliphatic carbocycles. The smallest absolute Gasteiger partial charge is 0.261 e. The molecule has 1 fully saturated rings. The Morgan fingerprint density at radius 1 is 1.23 bits per heavy atom. The third-order valence-electron chi connectivity index (χ3n) is 4.52. The zero-order chi connectivity index (χ0) is 18.7. The van der Waals surface area contributed by atoms with Crippen molar-refractivity contribution in [2.45, 2.75) is 30.7 Å². The molecule has 3 rings (SSSR count). The molecule has 0 saturated carbocycles. The Morgan fingerprint density at radius 2 is 1.96 bits per heavy atom. The predicted molar refractivity (Wildman–Crippen MR) is 104 cm³/mol. The zero-order valence-corrected chi connectivity index (χ0v) is 16.5. The second kappa shape index (κ2) is 7.77. The number of carbonyl (C=O) groups excluding carboxylic acids is 1. The van der Waals surface area contributed by atoms with Crippen LogP contribution in [0.25, 0.3) is 0 Å². The maximum Gasteiger partial charge on any atom is 0.261 e. The first-order valence-electron chi connectivity index (χ1n) is 8.53. The summed E-state index contributed by atoms with van der Waals surface area (Å²) in [5.74, 6) is -0.275. The molecule has 1 aliphatic heterocycles. The van der Waals surface area contributed by atoms with Gasteiger partial charge in [-0.15, -0.1) is 11.3 Å². The lowest BCUT2D eigenvalue weighted by atomic mass is 10.1. The van der Waals surface area contributed by atoms with E-state index in [0.717, 1.165) is 37.3 Å². The van der Waals surface area contributed by atoms with Crippen LogP contribution in [0.15, 0.2) is 40.6 Å². The van der Waals surface area contributed by atoms with E-state index in [9.17, 15) is 13.2 Å². The standard InChI is InChI=1S/C18H23N3O3S2/c1-13-4-3-5-15(10-13)21-8-6-14(7-9-21)20-26(23,24)16-11-17(25-12-16)18(22)19-2/h3-5,10-12,14,20H,6-9H2,1-2H3,(H,19,22). The number of hydrogen-bond donors (Lipinski definition) is 2. The Balaban J connectivity index is 1.61. The van der Waals surface area contributed by atoms with Crippen molar-refractivity contribution < 1.29 is 13.2 Å². The van der Waals surface area contributed by atoms with Crippen molar-refractivity contribution in [3.8, 4) is 0 Å². The minimum Gasteiger partial charge on any atom is -0.371 e. The van der Waals surface area contributed by atoms with Gasteiger partial charge in [0.25, 0.3) is 5.91 Å². The first-order chi connectivity index (χ1) is 12.4. The number of aryl methyl sites for hydroxylation is 1. The maximum absolute atomic E-state index is 12.6. The quantitative estimate of drug-likeness (QED) is 0.817. The molecular weight excluding hydrogens is 370 g/mol. The Kier molecular flexibility index (Phi) is 5.64. The Hall–Kier alpha value is -1.90. The third-order valence-corrected chi connectivity index (χ3v) is 7.10. The van der Waals surface area contributed by atoms with Gasteiger partial charge in [-0.2, -0.15) is 0 Å². The molecule has 1 aromatic carbocycles. The molecule has 1 aromatic heterocycles. The van der Waals surface area contributed by atoms with Crippen molar-refractivity contribution >= 4 is 33.0 Å². The number of sulfonamides is 1. The summed E-state index contributed by atoms with van der Waals surface area (Å²) in [5.41, 5.74) is 2.40. The molecule has 140 valence electrons. The van der Waals surface area contributed by atoms with Gasteiger partial charge >= 0.3 is 0 Å². The van der Waals surface area contributed by atoms with E-state index >= 15 is 0 Å². The number of amides is 1. The number of nitrogens with zero attached hydrogens (tertiary/aromatic N) is 1. The average Bonchev–Trinajstić information content (AvgIpc) is 3.12. The van der Waals surface area contributed by atoms with Crippen molar-refractivity contribution in [1.29, 1.82) is 0 Å². The van der Waals surface area contributed by atoms with E-state index in [2.05, 4.69) is 40.1 Å². The second-order valence-electron chi connectivity index (χ2n) is 6.45. The normalized spacial score (nSPS) is 15.8. The van der Waals surface area contributed by atoms with E-state index in [1.807, 2.05) is 6.07 Å². The summed E-state index contributed by atoms with van der Waals surface area (Å²) in [7, 11) is -2.08. The number of benzene rings is 1. The molecular formula is C18H23N3O3S2. The molecule has 2 N–H and O–H groups in total. The number of piperidine rings is 1. The lowest BCUT2D eigenvalue weighted by Gasteiger charge is -2.33. The van der Waals surface area contributed by atoms with E-state index in [0.29, 0.717) is 4.88 Å². The van der Waals surface area contributed by atoms with Gasteiger partial charge < -0.3 is 10.2 Å². The van der Waals surface area contributed by atoms with E-state index in [-0.39, 0.29) is 16.8 Å². The average molecular weight is 394 g/mol. The number of hydrogen-bond acceptors (Lipinski definition) is 5. The van der Waals surface area contributed by atoms with Gasteiger partial charge in [0.15, 0.2) is 0 Å². The molecule has 1 aliphatic rings. The van der Waals surface area contributed by atoms with Crippen molar-refractivity contribution in [3.05, 3.63) is 46.2 Å². The number of thiophene rings is 1. The highest BCUT2D eigenvalue weighted by atomic mass is 32.2. The van der Waals surface area contributed by atoms with Gasteiger partial charge in [0, 0.05) is 37.2 Å². The minimum absolute atomic E-state index is 0.0931. The summed E-state index contributed by atoms with van der Waals surface area (Å²) in [6.45, 7) is 3.69. The van der Waals surface area contributed by atoms with Crippen LogP contribution in [-0.2, 0) is 10.0 Å². The van der Waals surface area contributed by atoms with Crippen molar-refractivity contribution in [2.75, 3.05) is 25.0 Å². The molecule has 0 radical (unpaired) electrons. The maximum atomic E-state index is 12.6. The predicted octanol–water partition coefficient (Wildman–Crippen LogP) is 2.36.